The van der Waals surface area contributed by atoms with Crippen LogP contribution in [0.25, 0.3) is 0 Å². The van der Waals surface area contributed by atoms with E-state index in [0.717, 1.165) is 18.4 Å². The van der Waals surface area contributed by atoms with Gasteiger partial charge in [0.2, 0.25) is 5.91 Å². The lowest BCUT2D eigenvalue weighted by Gasteiger charge is -2.27. The quantitative estimate of drug-likeness (QED) is 0.878. The number of carboxylic acids is 1. The van der Waals surface area contributed by atoms with E-state index in [1.54, 1.807) is 26.0 Å². The van der Waals surface area contributed by atoms with Gasteiger partial charge < -0.3 is 10.4 Å². The Morgan fingerprint density at radius 3 is 2.30 bits per heavy atom. The van der Waals surface area contributed by atoms with Crippen molar-refractivity contribution >= 4 is 23.5 Å². The first-order chi connectivity index (χ1) is 9.25. The maximum absolute atomic E-state index is 12.5. The Bertz CT molecular complexity index is 533. The lowest BCUT2D eigenvalue weighted by Crippen LogP contribution is -2.49. The number of carboxylic acid groups (broad SMARTS) is 1. The first-order valence-electron chi connectivity index (χ1n) is 6.56. The van der Waals surface area contributed by atoms with Crippen molar-refractivity contribution < 1.29 is 14.7 Å². The van der Waals surface area contributed by atoms with Gasteiger partial charge in [-0.2, -0.15) is 0 Å². The van der Waals surface area contributed by atoms with E-state index >= 15 is 0 Å². The number of rotatable bonds is 5. The molecule has 0 aromatic heterocycles. The number of halogens is 1. The molecule has 1 saturated carbocycles. The van der Waals surface area contributed by atoms with Crippen LogP contribution in [0.3, 0.4) is 0 Å². The van der Waals surface area contributed by atoms with Gasteiger partial charge in [0.15, 0.2) is 0 Å². The predicted octanol–water partition coefficient (Wildman–Crippen LogP) is 2.74. The third-order valence-electron chi connectivity index (χ3n) is 3.63. The molecule has 2 N–H and O–H groups in total. The lowest BCUT2D eigenvalue weighted by molar-refractivity contribution is -0.138. The fourth-order valence-electron chi connectivity index (χ4n) is 2.39. The van der Waals surface area contributed by atoms with E-state index in [-0.39, 0.29) is 12.3 Å². The summed E-state index contributed by atoms with van der Waals surface area (Å²) in [5.41, 5.74) is -0.337. The highest BCUT2D eigenvalue weighted by molar-refractivity contribution is 6.30. The molecule has 0 heterocycles. The number of benzene rings is 1. The molecule has 0 atom stereocenters. The monoisotopic (exact) mass is 295 g/mol. The maximum Gasteiger partial charge on any atom is 0.305 e. The lowest BCUT2D eigenvalue weighted by atomic mass is 9.92. The number of amides is 1. The summed E-state index contributed by atoms with van der Waals surface area (Å²) < 4.78 is 0. The molecule has 2 rings (SSSR count). The molecule has 1 aliphatic rings. The first-order valence-corrected chi connectivity index (χ1v) is 6.93. The van der Waals surface area contributed by atoms with Crippen molar-refractivity contribution in [3.8, 4) is 0 Å². The zero-order valence-electron chi connectivity index (χ0n) is 11.6. The number of hydrogen-bond acceptors (Lipinski definition) is 2. The van der Waals surface area contributed by atoms with Crippen LogP contribution in [-0.4, -0.2) is 22.5 Å². The van der Waals surface area contributed by atoms with Crippen molar-refractivity contribution in [2.45, 2.75) is 44.1 Å². The second kappa shape index (κ2) is 5.09. The van der Waals surface area contributed by atoms with Crippen LogP contribution < -0.4 is 5.32 Å². The van der Waals surface area contributed by atoms with Gasteiger partial charge in [-0.05, 0) is 44.4 Å². The minimum atomic E-state index is -0.924. The summed E-state index contributed by atoms with van der Waals surface area (Å²) in [7, 11) is 0. The molecule has 1 amide bonds. The molecule has 1 fully saturated rings. The van der Waals surface area contributed by atoms with Crippen LogP contribution in [0.2, 0.25) is 5.02 Å². The summed E-state index contributed by atoms with van der Waals surface area (Å²) in [6.07, 6.45) is 1.46. The van der Waals surface area contributed by atoms with Gasteiger partial charge in [-0.3, -0.25) is 9.59 Å². The molecule has 1 aliphatic carbocycles. The Labute approximate surface area is 123 Å². The largest absolute Gasteiger partial charge is 0.481 e. The zero-order valence-corrected chi connectivity index (χ0v) is 12.3. The van der Waals surface area contributed by atoms with E-state index in [4.69, 9.17) is 16.7 Å². The standard InChI is InChI=1S/C15H18ClNO3/c1-14(2,9-12(18)19)17-13(20)15(7-8-15)10-3-5-11(16)6-4-10/h3-6H,7-9H2,1-2H3,(H,17,20)(H,18,19). The molecule has 0 aliphatic heterocycles. The molecule has 0 unspecified atom stereocenters. The van der Waals surface area contributed by atoms with E-state index in [1.807, 2.05) is 12.1 Å². The van der Waals surface area contributed by atoms with Gasteiger partial charge in [0, 0.05) is 10.6 Å². The van der Waals surface area contributed by atoms with Crippen molar-refractivity contribution in [3.63, 3.8) is 0 Å². The summed E-state index contributed by atoms with van der Waals surface area (Å²) in [5, 5.41) is 12.3. The van der Waals surface area contributed by atoms with Gasteiger partial charge in [-0.1, -0.05) is 23.7 Å². The van der Waals surface area contributed by atoms with Crippen molar-refractivity contribution in [2.24, 2.45) is 0 Å². The van der Waals surface area contributed by atoms with Gasteiger partial charge in [-0.25, -0.2) is 0 Å². The molecular weight excluding hydrogens is 278 g/mol. The maximum atomic E-state index is 12.5. The summed E-state index contributed by atoms with van der Waals surface area (Å²) in [4.78, 5) is 23.3. The van der Waals surface area contributed by atoms with Crippen molar-refractivity contribution in [1.29, 1.82) is 0 Å². The van der Waals surface area contributed by atoms with E-state index in [1.165, 1.54) is 0 Å². The SMILES string of the molecule is CC(C)(CC(=O)O)NC(=O)C1(c2ccc(Cl)cc2)CC1. The van der Waals surface area contributed by atoms with Crippen molar-refractivity contribution in [2.75, 3.05) is 0 Å². The smallest absolute Gasteiger partial charge is 0.305 e. The van der Waals surface area contributed by atoms with Crippen LogP contribution >= 0.6 is 11.6 Å². The van der Waals surface area contributed by atoms with Gasteiger partial charge in [0.05, 0.1) is 11.8 Å². The molecule has 1 aromatic rings. The Hall–Kier alpha value is -1.55. The number of hydrogen-bond donors (Lipinski definition) is 2. The molecule has 4 nitrogen and oxygen atoms in total. The average Bonchev–Trinajstić information content (AvgIpc) is 3.08. The van der Waals surface area contributed by atoms with Crippen LogP contribution in [0.5, 0.6) is 0 Å². The van der Waals surface area contributed by atoms with Gasteiger partial charge in [0.1, 0.15) is 0 Å². The Morgan fingerprint density at radius 1 is 1.30 bits per heavy atom. The molecule has 0 saturated heterocycles. The van der Waals surface area contributed by atoms with Gasteiger partial charge in [-0.15, -0.1) is 0 Å². The summed E-state index contributed by atoms with van der Waals surface area (Å²) in [6.45, 7) is 3.44. The first kappa shape index (κ1) is 14.9. The van der Waals surface area contributed by atoms with Crippen LogP contribution in [0, 0.1) is 0 Å². The molecule has 5 heteroatoms. The molecule has 0 radical (unpaired) electrons. The van der Waals surface area contributed by atoms with E-state index in [2.05, 4.69) is 5.32 Å². The van der Waals surface area contributed by atoms with Gasteiger partial charge >= 0.3 is 5.97 Å². The topological polar surface area (TPSA) is 66.4 Å². The van der Waals surface area contributed by atoms with Crippen LogP contribution in [0.4, 0.5) is 0 Å². The minimum absolute atomic E-state index is 0.102. The predicted molar refractivity (Wildman–Crippen MR) is 76.8 cm³/mol. The average molecular weight is 296 g/mol. The van der Waals surface area contributed by atoms with Crippen molar-refractivity contribution in [1.82, 2.24) is 5.32 Å². The fourth-order valence-corrected chi connectivity index (χ4v) is 2.52. The Morgan fingerprint density at radius 2 is 1.85 bits per heavy atom. The third kappa shape index (κ3) is 3.12. The zero-order chi connectivity index (χ0) is 15.0. The second-order valence-corrected chi connectivity index (χ2v) is 6.43. The fraction of sp³-hybridized carbons (Fsp3) is 0.467. The molecule has 1 aromatic carbocycles. The van der Waals surface area contributed by atoms with E-state index in [9.17, 15) is 9.59 Å². The molecule has 20 heavy (non-hydrogen) atoms. The number of aliphatic carboxylic acids is 1. The van der Waals surface area contributed by atoms with Crippen LogP contribution in [-0.2, 0) is 15.0 Å². The van der Waals surface area contributed by atoms with Gasteiger partial charge in [0.25, 0.3) is 0 Å². The minimum Gasteiger partial charge on any atom is -0.481 e. The van der Waals surface area contributed by atoms with Crippen molar-refractivity contribution in [3.05, 3.63) is 34.9 Å². The second-order valence-electron chi connectivity index (χ2n) is 6.00. The summed E-state index contributed by atoms with van der Waals surface area (Å²) >= 11 is 5.86. The van der Waals surface area contributed by atoms with E-state index in [0.29, 0.717) is 5.02 Å². The Kier molecular flexibility index (Phi) is 3.78. The normalized spacial score (nSPS) is 16.6. The molecule has 108 valence electrons. The number of nitrogens with one attached hydrogen (secondary N) is 1. The third-order valence-corrected chi connectivity index (χ3v) is 3.88. The molecule has 0 bridgehead atoms. The van der Waals surface area contributed by atoms with E-state index < -0.39 is 16.9 Å². The van der Waals surface area contributed by atoms with Crippen LogP contribution in [0.15, 0.2) is 24.3 Å². The Balaban J connectivity index is 2.13. The molecular formula is C15H18ClNO3. The highest BCUT2D eigenvalue weighted by Gasteiger charge is 2.52. The molecule has 0 spiro atoms. The highest BCUT2D eigenvalue weighted by atomic mass is 35.5. The number of carbonyl (C=O) groups is 2. The summed E-state index contributed by atoms with van der Waals surface area (Å²) in [6, 6.07) is 7.26. The number of carbonyl (C=O) groups excluding carboxylic acids is 1. The summed E-state index contributed by atoms with van der Waals surface area (Å²) in [5.74, 6) is -1.03. The van der Waals surface area contributed by atoms with Crippen LogP contribution in [0.1, 0.15) is 38.7 Å². The highest BCUT2D eigenvalue weighted by Crippen LogP contribution is 2.48.